The van der Waals surface area contributed by atoms with Gasteiger partial charge in [-0.15, -0.1) is 0 Å². The maximum absolute atomic E-state index is 8.39. The second-order valence-electron chi connectivity index (χ2n) is 2.55. The Hall–Kier alpha value is -2.32. The van der Waals surface area contributed by atoms with E-state index in [9.17, 15) is 0 Å². The zero-order chi connectivity index (χ0) is 10.2. The maximum Gasteiger partial charge on any atom is 0.0912 e. The van der Waals surface area contributed by atoms with Gasteiger partial charge in [0.15, 0.2) is 0 Å². The third-order valence-electron chi connectivity index (χ3n) is 1.67. The molecule has 0 fully saturated rings. The fourth-order valence-electron chi connectivity index (χ4n) is 1.07. The lowest BCUT2D eigenvalue weighted by atomic mass is 10.1. The number of benzene rings is 1. The average molecular weight is 180 g/mol. The maximum atomic E-state index is 8.39. The van der Waals surface area contributed by atoms with Crippen LogP contribution in [0.2, 0.25) is 0 Å². The monoisotopic (exact) mass is 180 g/mol. The van der Waals surface area contributed by atoms with E-state index in [4.69, 9.17) is 10.5 Å². The Kier molecular flexibility index (Phi) is 3.73. The van der Waals surface area contributed by atoms with Gasteiger partial charge in [-0.25, -0.2) is 0 Å². The van der Waals surface area contributed by atoms with Crippen LogP contribution in [0, 0.1) is 22.7 Å². The van der Waals surface area contributed by atoms with Gasteiger partial charge < -0.3 is 0 Å². The summed E-state index contributed by atoms with van der Waals surface area (Å²) in [6.07, 6.45) is 6.27. The second-order valence-corrected chi connectivity index (χ2v) is 2.55. The molecule has 0 unspecified atom stereocenters. The van der Waals surface area contributed by atoms with Crippen molar-refractivity contribution in [2.75, 3.05) is 0 Å². The predicted molar refractivity (Wildman–Crippen MR) is 55.7 cm³/mol. The Morgan fingerprint density at radius 2 is 1.29 bits per heavy atom. The number of hydrogen-bond acceptors (Lipinski definition) is 2. The molecule has 0 saturated heterocycles. The molecule has 0 aliphatic heterocycles. The van der Waals surface area contributed by atoms with Gasteiger partial charge in [-0.1, -0.05) is 24.3 Å². The van der Waals surface area contributed by atoms with Gasteiger partial charge >= 0.3 is 0 Å². The zero-order valence-electron chi connectivity index (χ0n) is 7.51. The number of nitrogens with zero attached hydrogens (tertiary/aromatic N) is 2. The van der Waals surface area contributed by atoms with Gasteiger partial charge in [0.2, 0.25) is 0 Å². The molecule has 1 aromatic carbocycles. The van der Waals surface area contributed by atoms with Crippen molar-refractivity contribution >= 4 is 12.2 Å². The molecule has 0 aliphatic rings. The Labute approximate surface area is 83.0 Å². The summed E-state index contributed by atoms with van der Waals surface area (Å²) in [6, 6.07) is 11.4. The van der Waals surface area contributed by atoms with E-state index in [0.717, 1.165) is 11.1 Å². The van der Waals surface area contributed by atoms with Crippen LogP contribution in [0.4, 0.5) is 0 Å². The molecule has 0 aliphatic carbocycles. The topological polar surface area (TPSA) is 47.6 Å². The summed E-state index contributed by atoms with van der Waals surface area (Å²) in [7, 11) is 0. The van der Waals surface area contributed by atoms with Crippen molar-refractivity contribution in [1.29, 1.82) is 10.5 Å². The summed E-state index contributed by atoms with van der Waals surface area (Å²) in [4.78, 5) is 0. The summed E-state index contributed by atoms with van der Waals surface area (Å²) in [5, 5.41) is 16.8. The van der Waals surface area contributed by atoms with Gasteiger partial charge in [-0.2, -0.15) is 10.5 Å². The van der Waals surface area contributed by atoms with Gasteiger partial charge in [0.1, 0.15) is 0 Å². The molecular weight excluding hydrogens is 172 g/mol. The molecule has 0 heterocycles. The highest BCUT2D eigenvalue weighted by atomic mass is 14.2. The van der Waals surface area contributed by atoms with E-state index in [2.05, 4.69) is 0 Å². The first kappa shape index (κ1) is 9.77. The average Bonchev–Trinajstić information content (AvgIpc) is 2.24. The van der Waals surface area contributed by atoms with E-state index < -0.39 is 0 Å². The lowest BCUT2D eigenvalue weighted by molar-refractivity contribution is 1.53. The second kappa shape index (κ2) is 5.35. The highest BCUT2D eigenvalue weighted by Gasteiger charge is 1.92. The molecular formula is C12H8N2. The van der Waals surface area contributed by atoms with Crippen LogP contribution < -0.4 is 0 Å². The lowest BCUT2D eigenvalue weighted by Gasteiger charge is -1.97. The number of allylic oxidation sites excluding steroid dienone is 2. The first-order valence-corrected chi connectivity index (χ1v) is 4.10. The molecule has 2 nitrogen and oxygen atoms in total. The Morgan fingerprint density at radius 3 is 1.64 bits per heavy atom. The van der Waals surface area contributed by atoms with Gasteiger partial charge in [-0.3, -0.25) is 0 Å². The van der Waals surface area contributed by atoms with E-state index in [1.54, 1.807) is 12.2 Å². The molecule has 0 N–H and O–H groups in total. The minimum absolute atomic E-state index is 0.931. The zero-order valence-corrected chi connectivity index (χ0v) is 7.51. The van der Waals surface area contributed by atoms with Crippen LogP contribution in [0.15, 0.2) is 36.4 Å². The normalized spacial score (nSPS) is 10.1. The van der Waals surface area contributed by atoms with Crippen LogP contribution >= 0.6 is 0 Å². The van der Waals surface area contributed by atoms with Crippen LogP contribution in [0.3, 0.4) is 0 Å². The number of nitriles is 2. The molecule has 2 heteroatoms. The third kappa shape index (κ3) is 2.62. The lowest BCUT2D eigenvalue weighted by Crippen LogP contribution is -1.78. The molecule has 1 aromatic rings. The van der Waals surface area contributed by atoms with E-state index in [0.29, 0.717) is 0 Å². The van der Waals surface area contributed by atoms with Crippen LogP contribution in [0.5, 0.6) is 0 Å². The highest BCUT2D eigenvalue weighted by Crippen LogP contribution is 2.12. The Morgan fingerprint density at radius 1 is 0.857 bits per heavy atom. The standard InChI is InChI=1S/C12H8N2/c13-9-3-7-11-5-1-2-6-12(11)8-4-10-14/h1-8H. The van der Waals surface area contributed by atoms with E-state index in [-0.39, 0.29) is 0 Å². The van der Waals surface area contributed by atoms with Crippen LogP contribution in [0.1, 0.15) is 11.1 Å². The van der Waals surface area contributed by atoms with Crippen molar-refractivity contribution in [2.24, 2.45) is 0 Å². The highest BCUT2D eigenvalue weighted by molar-refractivity contribution is 5.66. The summed E-state index contributed by atoms with van der Waals surface area (Å²) in [5.41, 5.74) is 1.86. The van der Waals surface area contributed by atoms with Crippen LogP contribution in [-0.4, -0.2) is 0 Å². The smallest absolute Gasteiger partial charge is 0.0912 e. The minimum Gasteiger partial charge on any atom is -0.193 e. The molecule has 66 valence electrons. The van der Waals surface area contributed by atoms with Gasteiger partial charge in [0.25, 0.3) is 0 Å². The van der Waals surface area contributed by atoms with Crippen molar-refractivity contribution in [1.82, 2.24) is 0 Å². The molecule has 0 radical (unpaired) electrons. The molecule has 0 bridgehead atoms. The summed E-state index contributed by atoms with van der Waals surface area (Å²) in [6.45, 7) is 0. The number of rotatable bonds is 2. The fraction of sp³-hybridized carbons (Fsp3) is 0. The molecule has 0 saturated carbocycles. The first-order chi connectivity index (χ1) is 6.88. The molecule has 0 spiro atoms. The van der Waals surface area contributed by atoms with Crippen molar-refractivity contribution in [3.63, 3.8) is 0 Å². The minimum atomic E-state index is 0.931. The molecule has 0 atom stereocenters. The Balaban J connectivity index is 3.05. The van der Waals surface area contributed by atoms with Gasteiger partial charge in [-0.05, 0) is 23.3 Å². The summed E-state index contributed by atoms with van der Waals surface area (Å²) >= 11 is 0. The van der Waals surface area contributed by atoms with Crippen LogP contribution in [-0.2, 0) is 0 Å². The van der Waals surface area contributed by atoms with Gasteiger partial charge in [0.05, 0.1) is 12.1 Å². The van der Waals surface area contributed by atoms with E-state index in [1.165, 1.54) is 12.2 Å². The van der Waals surface area contributed by atoms with E-state index in [1.807, 2.05) is 36.4 Å². The largest absolute Gasteiger partial charge is 0.193 e. The van der Waals surface area contributed by atoms with E-state index >= 15 is 0 Å². The van der Waals surface area contributed by atoms with Crippen molar-refractivity contribution in [3.8, 4) is 12.1 Å². The Bertz CT molecular complexity index is 399. The SMILES string of the molecule is N#CC=Cc1ccccc1C=CC#N. The van der Waals surface area contributed by atoms with Crippen molar-refractivity contribution in [2.45, 2.75) is 0 Å². The molecule has 0 aromatic heterocycles. The molecule has 0 amide bonds. The first-order valence-electron chi connectivity index (χ1n) is 4.10. The predicted octanol–water partition coefficient (Wildman–Crippen LogP) is 2.76. The van der Waals surface area contributed by atoms with Crippen molar-refractivity contribution in [3.05, 3.63) is 47.5 Å². The summed E-state index contributed by atoms with van der Waals surface area (Å²) in [5.74, 6) is 0. The summed E-state index contributed by atoms with van der Waals surface area (Å²) < 4.78 is 0. The fourth-order valence-corrected chi connectivity index (χ4v) is 1.07. The molecule has 14 heavy (non-hydrogen) atoms. The van der Waals surface area contributed by atoms with Gasteiger partial charge in [0, 0.05) is 12.2 Å². The van der Waals surface area contributed by atoms with Crippen LogP contribution in [0.25, 0.3) is 12.2 Å². The van der Waals surface area contributed by atoms with Crippen molar-refractivity contribution < 1.29 is 0 Å². The number of hydrogen-bond donors (Lipinski definition) is 0. The molecule has 1 rings (SSSR count). The quantitative estimate of drug-likeness (QED) is 0.657. The third-order valence-corrected chi connectivity index (χ3v) is 1.67.